The van der Waals surface area contributed by atoms with E-state index in [1.54, 1.807) is 6.20 Å². The molecule has 0 radical (unpaired) electrons. The molecule has 1 aromatic heterocycles. The van der Waals surface area contributed by atoms with E-state index in [1.807, 2.05) is 65.6 Å². The molecule has 0 N–H and O–H groups in total. The van der Waals surface area contributed by atoms with E-state index < -0.39 is 0 Å². The molecule has 120 valence electrons. The second-order valence-electron chi connectivity index (χ2n) is 5.90. The number of hydrogen-bond acceptors (Lipinski definition) is 3. The summed E-state index contributed by atoms with van der Waals surface area (Å²) >= 11 is 0. The number of carbonyl (C=O) groups excluding carboxylic acids is 1. The second kappa shape index (κ2) is 6.42. The molecule has 4 heteroatoms. The highest BCUT2D eigenvalue weighted by Gasteiger charge is 2.27. The van der Waals surface area contributed by atoms with Crippen molar-refractivity contribution in [1.82, 2.24) is 9.88 Å². The Labute approximate surface area is 140 Å². The van der Waals surface area contributed by atoms with Crippen molar-refractivity contribution in [3.8, 4) is 0 Å². The molecule has 1 saturated heterocycles. The highest BCUT2D eigenvalue weighted by Crippen LogP contribution is 2.24. The van der Waals surface area contributed by atoms with E-state index in [0.717, 1.165) is 16.3 Å². The molecule has 0 bridgehead atoms. The lowest BCUT2D eigenvalue weighted by atomic mass is 10.1. The predicted octanol–water partition coefficient (Wildman–Crippen LogP) is 3.45. The van der Waals surface area contributed by atoms with Gasteiger partial charge in [-0.25, -0.2) is 0 Å². The Morgan fingerprint density at radius 3 is 2.71 bits per heavy atom. The molecule has 0 spiro atoms. The molecule has 2 aromatic carbocycles. The summed E-state index contributed by atoms with van der Waals surface area (Å²) in [7, 11) is 0. The maximum atomic E-state index is 13.0. The van der Waals surface area contributed by atoms with Crippen LogP contribution in [0.15, 0.2) is 66.9 Å². The third kappa shape index (κ3) is 2.76. The van der Waals surface area contributed by atoms with Crippen molar-refractivity contribution in [2.75, 3.05) is 19.7 Å². The third-order valence-corrected chi connectivity index (χ3v) is 4.40. The molecule has 0 aliphatic carbocycles. The lowest BCUT2D eigenvalue weighted by Gasteiger charge is -2.33. The molecule has 0 saturated carbocycles. The third-order valence-electron chi connectivity index (χ3n) is 4.40. The number of benzene rings is 2. The normalized spacial score (nSPS) is 17.8. The molecule has 1 aliphatic heterocycles. The molecular formula is C20H18N2O2. The Morgan fingerprint density at radius 1 is 1.04 bits per heavy atom. The summed E-state index contributed by atoms with van der Waals surface area (Å²) in [4.78, 5) is 19.2. The molecule has 3 aromatic rings. The van der Waals surface area contributed by atoms with Gasteiger partial charge in [0.15, 0.2) is 0 Å². The van der Waals surface area contributed by atoms with Gasteiger partial charge in [0.25, 0.3) is 5.91 Å². The molecule has 4 rings (SSSR count). The first-order chi connectivity index (χ1) is 11.8. The fraction of sp³-hybridized carbons (Fsp3) is 0.200. The van der Waals surface area contributed by atoms with E-state index >= 15 is 0 Å². The summed E-state index contributed by atoms with van der Waals surface area (Å²) < 4.78 is 5.85. The Morgan fingerprint density at radius 2 is 1.83 bits per heavy atom. The molecule has 1 atom stereocenters. The fourth-order valence-corrected chi connectivity index (χ4v) is 3.14. The van der Waals surface area contributed by atoms with Crippen LogP contribution >= 0.6 is 0 Å². The van der Waals surface area contributed by atoms with Gasteiger partial charge in [0, 0.05) is 18.1 Å². The van der Waals surface area contributed by atoms with Crippen molar-refractivity contribution in [3.05, 3.63) is 78.1 Å². The fourth-order valence-electron chi connectivity index (χ4n) is 3.14. The average Bonchev–Trinajstić information content (AvgIpc) is 2.68. The van der Waals surface area contributed by atoms with E-state index in [4.69, 9.17) is 4.74 Å². The van der Waals surface area contributed by atoms with Gasteiger partial charge in [-0.2, -0.15) is 0 Å². The van der Waals surface area contributed by atoms with Crippen LogP contribution in [0.1, 0.15) is 22.2 Å². The number of nitrogens with zero attached hydrogens (tertiary/aromatic N) is 2. The van der Waals surface area contributed by atoms with E-state index in [9.17, 15) is 4.79 Å². The zero-order chi connectivity index (χ0) is 16.4. The van der Waals surface area contributed by atoms with Crippen LogP contribution in [0.5, 0.6) is 0 Å². The van der Waals surface area contributed by atoms with Crippen molar-refractivity contribution < 1.29 is 9.53 Å². The van der Waals surface area contributed by atoms with Crippen LogP contribution in [0.3, 0.4) is 0 Å². The second-order valence-corrected chi connectivity index (χ2v) is 5.90. The van der Waals surface area contributed by atoms with E-state index in [1.165, 1.54) is 0 Å². The average molecular weight is 318 g/mol. The lowest BCUT2D eigenvalue weighted by Crippen LogP contribution is -2.42. The number of ether oxygens (including phenoxy) is 1. The topological polar surface area (TPSA) is 42.4 Å². The minimum atomic E-state index is -0.0844. The number of rotatable bonds is 2. The van der Waals surface area contributed by atoms with Gasteiger partial charge in [0.1, 0.15) is 11.8 Å². The van der Waals surface area contributed by atoms with E-state index in [0.29, 0.717) is 25.4 Å². The molecule has 1 aliphatic rings. The zero-order valence-electron chi connectivity index (χ0n) is 13.3. The lowest BCUT2D eigenvalue weighted by molar-refractivity contribution is -0.0229. The van der Waals surface area contributed by atoms with Gasteiger partial charge < -0.3 is 9.64 Å². The number of amides is 1. The van der Waals surface area contributed by atoms with E-state index in [-0.39, 0.29) is 12.0 Å². The van der Waals surface area contributed by atoms with Crippen molar-refractivity contribution >= 4 is 16.7 Å². The molecule has 2 heterocycles. The Hall–Kier alpha value is -2.72. The number of morpholine rings is 1. The van der Waals surface area contributed by atoms with Crippen LogP contribution in [0.25, 0.3) is 10.8 Å². The maximum absolute atomic E-state index is 13.0. The molecule has 1 amide bonds. The van der Waals surface area contributed by atoms with Crippen LogP contribution in [0.4, 0.5) is 0 Å². The van der Waals surface area contributed by atoms with Crippen LogP contribution in [-0.2, 0) is 4.74 Å². The van der Waals surface area contributed by atoms with Crippen molar-refractivity contribution in [3.63, 3.8) is 0 Å². The highest BCUT2D eigenvalue weighted by atomic mass is 16.5. The Balaban J connectivity index is 1.62. The molecule has 1 fully saturated rings. The Kier molecular flexibility index (Phi) is 3.97. The minimum Gasteiger partial charge on any atom is -0.370 e. The van der Waals surface area contributed by atoms with Crippen LogP contribution in [0.2, 0.25) is 0 Å². The van der Waals surface area contributed by atoms with Gasteiger partial charge in [-0.15, -0.1) is 0 Å². The minimum absolute atomic E-state index is 0.0315. The highest BCUT2D eigenvalue weighted by molar-refractivity contribution is 6.05. The van der Waals surface area contributed by atoms with Gasteiger partial charge in [-0.3, -0.25) is 9.78 Å². The first-order valence-electron chi connectivity index (χ1n) is 8.12. The summed E-state index contributed by atoms with van der Waals surface area (Å²) in [6.07, 6.45) is 1.61. The van der Waals surface area contributed by atoms with Crippen molar-refractivity contribution in [1.29, 1.82) is 0 Å². The first-order valence-corrected chi connectivity index (χ1v) is 8.12. The monoisotopic (exact) mass is 318 g/mol. The number of aromatic nitrogens is 1. The molecule has 0 unspecified atom stereocenters. The SMILES string of the molecule is O=C(c1nccc2ccccc12)N1CCO[C@@H](c2ccccc2)C1. The molecular weight excluding hydrogens is 300 g/mol. The van der Waals surface area contributed by atoms with Gasteiger partial charge in [-0.05, 0) is 17.0 Å². The number of pyridine rings is 1. The molecule has 4 nitrogen and oxygen atoms in total. The maximum Gasteiger partial charge on any atom is 0.273 e. The van der Waals surface area contributed by atoms with Crippen molar-refractivity contribution in [2.45, 2.75) is 6.10 Å². The van der Waals surface area contributed by atoms with Crippen LogP contribution in [-0.4, -0.2) is 35.5 Å². The number of carbonyl (C=O) groups is 1. The quantitative estimate of drug-likeness (QED) is 0.727. The van der Waals surface area contributed by atoms with Crippen molar-refractivity contribution in [2.24, 2.45) is 0 Å². The van der Waals surface area contributed by atoms with Gasteiger partial charge >= 0.3 is 0 Å². The largest absolute Gasteiger partial charge is 0.370 e. The van der Waals surface area contributed by atoms with Crippen LogP contribution < -0.4 is 0 Å². The van der Waals surface area contributed by atoms with Gasteiger partial charge in [0.2, 0.25) is 0 Å². The summed E-state index contributed by atoms with van der Waals surface area (Å²) in [6.45, 7) is 1.68. The van der Waals surface area contributed by atoms with Crippen LogP contribution in [0, 0.1) is 0 Å². The summed E-state index contributed by atoms with van der Waals surface area (Å²) in [5.41, 5.74) is 1.61. The zero-order valence-corrected chi connectivity index (χ0v) is 13.3. The van der Waals surface area contributed by atoms with Gasteiger partial charge in [0.05, 0.1) is 13.2 Å². The predicted molar refractivity (Wildman–Crippen MR) is 92.8 cm³/mol. The summed E-state index contributed by atoms with van der Waals surface area (Å²) in [5, 5.41) is 1.93. The molecule has 24 heavy (non-hydrogen) atoms. The number of hydrogen-bond donors (Lipinski definition) is 0. The smallest absolute Gasteiger partial charge is 0.273 e. The summed E-state index contributed by atoms with van der Waals surface area (Å²) in [6, 6.07) is 19.8. The number of fused-ring (bicyclic) bond motifs is 1. The first kappa shape index (κ1) is 14.8. The Bertz CT molecular complexity index is 858. The summed E-state index contributed by atoms with van der Waals surface area (Å²) in [5.74, 6) is -0.0315. The standard InChI is InChI=1S/C20H18N2O2/c23-20(19-17-9-5-4-6-15(17)10-11-21-19)22-12-13-24-18(14-22)16-7-2-1-3-8-16/h1-11,18H,12-14H2/t18-/m1/s1. The van der Waals surface area contributed by atoms with Gasteiger partial charge in [-0.1, -0.05) is 54.6 Å². The van der Waals surface area contributed by atoms with E-state index in [2.05, 4.69) is 4.98 Å².